The summed E-state index contributed by atoms with van der Waals surface area (Å²) >= 11 is 3.02. The zero-order chi connectivity index (χ0) is 27.1. The Kier molecular flexibility index (Phi) is 9.51. The maximum absolute atomic E-state index is 13.2. The molecule has 0 spiro atoms. The lowest BCUT2D eigenvalue weighted by molar-refractivity contribution is -0.123. The molecule has 1 heterocycles. The number of methoxy groups -OCH3 is 1. The van der Waals surface area contributed by atoms with Crippen LogP contribution in [0.4, 0.5) is 9.18 Å². The first-order valence-electron chi connectivity index (χ1n) is 11.7. The van der Waals surface area contributed by atoms with E-state index in [1.807, 2.05) is 25.1 Å². The molecular weight excluding hydrogens is 624 g/mol. The van der Waals surface area contributed by atoms with E-state index in [1.165, 1.54) is 17.0 Å². The molecular formula is C28H25FINO6S. The fraction of sp³-hybridized carbons (Fsp3) is 0.214. The van der Waals surface area contributed by atoms with Crippen LogP contribution in [0.15, 0.2) is 65.6 Å². The van der Waals surface area contributed by atoms with Crippen LogP contribution in [0.3, 0.4) is 0 Å². The summed E-state index contributed by atoms with van der Waals surface area (Å²) in [6.45, 7) is 2.76. The van der Waals surface area contributed by atoms with E-state index in [0.717, 1.165) is 20.9 Å². The summed E-state index contributed by atoms with van der Waals surface area (Å²) in [7, 11) is 1.55. The van der Waals surface area contributed by atoms with Crippen LogP contribution in [0, 0.1) is 9.39 Å². The van der Waals surface area contributed by atoms with Gasteiger partial charge in [-0.15, -0.1) is 0 Å². The highest BCUT2D eigenvalue weighted by atomic mass is 127. The lowest BCUT2D eigenvalue weighted by atomic mass is 10.1. The average molecular weight is 649 g/mol. The van der Waals surface area contributed by atoms with Crippen molar-refractivity contribution in [2.75, 3.05) is 26.9 Å². The largest absolute Gasteiger partial charge is 0.493 e. The van der Waals surface area contributed by atoms with E-state index in [2.05, 4.69) is 22.6 Å². The van der Waals surface area contributed by atoms with Gasteiger partial charge in [-0.2, -0.15) is 0 Å². The Bertz CT molecular complexity index is 1350. The van der Waals surface area contributed by atoms with Crippen molar-refractivity contribution in [2.45, 2.75) is 13.5 Å². The maximum Gasteiger partial charge on any atom is 0.293 e. The van der Waals surface area contributed by atoms with Crippen molar-refractivity contribution in [3.8, 4) is 23.0 Å². The fourth-order valence-electron chi connectivity index (χ4n) is 3.64. The van der Waals surface area contributed by atoms with E-state index in [-0.39, 0.29) is 36.7 Å². The van der Waals surface area contributed by atoms with Gasteiger partial charge in [-0.3, -0.25) is 14.5 Å². The predicted molar refractivity (Wildman–Crippen MR) is 152 cm³/mol. The summed E-state index contributed by atoms with van der Waals surface area (Å²) in [5.74, 6) is 1.49. The van der Waals surface area contributed by atoms with Crippen LogP contribution in [-0.4, -0.2) is 42.9 Å². The van der Waals surface area contributed by atoms with Gasteiger partial charge in [0.1, 0.15) is 19.0 Å². The molecule has 0 radical (unpaired) electrons. The summed E-state index contributed by atoms with van der Waals surface area (Å²) in [5, 5.41) is -0.358. The molecule has 4 rings (SSSR count). The minimum atomic E-state index is -0.381. The molecule has 2 amide bonds. The number of ether oxygens (including phenoxy) is 4. The first-order valence-corrected chi connectivity index (χ1v) is 13.6. The van der Waals surface area contributed by atoms with Gasteiger partial charge >= 0.3 is 0 Å². The van der Waals surface area contributed by atoms with Crippen molar-refractivity contribution in [2.24, 2.45) is 0 Å². The van der Waals surface area contributed by atoms with E-state index in [1.54, 1.807) is 43.5 Å². The number of amides is 2. The lowest BCUT2D eigenvalue weighted by Gasteiger charge is -2.15. The van der Waals surface area contributed by atoms with E-state index in [4.69, 9.17) is 18.9 Å². The molecule has 1 aliphatic heterocycles. The van der Waals surface area contributed by atoms with Crippen LogP contribution in [0.1, 0.15) is 18.1 Å². The molecule has 0 unspecified atom stereocenters. The van der Waals surface area contributed by atoms with Gasteiger partial charge in [-0.25, -0.2) is 4.39 Å². The quantitative estimate of drug-likeness (QED) is 0.173. The van der Waals surface area contributed by atoms with Crippen LogP contribution < -0.4 is 18.9 Å². The number of carbonyl (C=O) groups is 2. The molecule has 198 valence electrons. The number of hydrogen-bond acceptors (Lipinski definition) is 7. The standard InChI is InChI=1S/C28H25FINO6S/c1-3-35-24-15-19(14-21(30)26(24)37-17-18-8-10-20(29)11-9-18)16-25-27(32)31(28(33)38-25)12-13-36-23-7-5-4-6-22(23)34-2/h4-11,14-16H,3,12-13,17H2,1-2H3/b25-16-. The number of rotatable bonds is 11. The lowest BCUT2D eigenvalue weighted by Crippen LogP contribution is -2.32. The number of nitrogens with zero attached hydrogens (tertiary/aromatic N) is 1. The second-order valence-electron chi connectivity index (χ2n) is 8.01. The molecule has 0 bridgehead atoms. The second-order valence-corrected chi connectivity index (χ2v) is 10.2. The molecule has 0 aromatic heterocycles. The number of imide groups is 1. The van der Waals surface area contributed by atoms with Crippen molar-refractivity contribution < 1.29 is 32.9 Å². The topological polar surface area (TPSA) is 74.3 Å². The highest BCUT2D eigenvalue weighted by Gasteiger charge is 2.35. The Morgan fingerprint density at radius 1 is 0.974 bits per heavy atom. The number of para-hydroxylation sites is 2. The SMILES string of the molecule is CCOc1cc(/C=C2\SC(=O)N(CCOc3ccccc3OC)C2=O)cc(I)c1OCc1ccc(F)cc1. The number of hydrogen-bond donors (Lipinski definition) is 0. The van der Waals surface area contributed by atoms with Gasteiger partial charge in [0, 0.05) is 0 Å². The minimum absolute atomic E-state index is 0.109. The van der Waals surface area contributed by atoms with Gasteiger partial charge in [0.15, 0.2) is 23.0 Å². The Hall–Kier alpha value is -3.25. The van der Waals surface area contributed by atoms with Crippen LogP contribution in [0.5, 0.6) is 23.0 Å². The highest BCUT2D eigenvalue weighted by molar-refractivity contribution is 14.1. The third kappa shape index (κ3) is 6.79. The van der Waals surface area contributed by atoms with Crippen LogP contribution >= 0.6 is 34.4 Å². The molecule has 38 heavy (non-hydrogen) atoms. The predicted octanol–water partition coefficient (Wildman–Crippen LogP) is 6.53. The summed E-state index contributed by atoms with van der Waals surface area (Å²) in [5.41, 5.74) is 1.51. The molecule has 1 fully saturated rings. The zero-order valence-electron chi connectivity index (χ0n) is 20.7. The van der Waals surface area contributed by atoms with E-state index >= 15 is 0 Å². The second kappa shape index (κ2) is 13.0. The van der Waals surface area contributed by atoms with Crippen molar-refractivity contribution in [3.63, 3.8) is 0 Å². The van der Waals surface area contributed by atoms with Gasteiger partial charge in [0.2, 0.25) is 0 Å². The van der Waals surface area contributed by atoms with Gasteiger partial charge in [0.25, 0.3) is 11.1 Å². The summed E-state index contributed by atoms with van der Waals surface area (Å²) in [6, 6.07) is 16.9. The third-order valence-electron chi connectivity index (χ3n) is 5.44. The molecule has 3 aromatic rings. The molecule has 0 saturated carbocycles. The Labute approximate surface area is 238 Å². The van der Waals surface area contributed by atoms with Gasteiger partial charge < -0.3 is 18.9 Å². The van der Waals surface area contributed by atoms with Gasteiger partial charge in [0.05, 0.1) is 28.7 Å². The molecule has 0 atom stereocenters. The summed E-state index contributed by atoms with van der Waals surface area (Å²) in [6.07, 6.45) is 1.67. The highest BCUT2D eigenvalue weighted by Crippen LogP contribution is 2.38. The molecule has 0 N–H and O–H groups in total. The average Bonchev–Trinajstić information content (AvgIpc) is 3.17. The molecule has 0 aliphatic carbocycles. The minimum Gasteiger partial charge on any atom is -0.493 e. The van der Waals surface area contributed by atoms with Crippen molar-refractivity contribution in [3.05, 3.63) is 86.1 Å². The molecule has 1 saturated heterocycles. The number of thioether (sulfide) groups is 1. The number of benzene rings is 3. The molecule has 3 aromatic carbocycles. The van der Waals surface area contributed by atoms with E-state index in [9.17, 15) is 14.0 Å². The van der Waals surface area contributed by atoms with Gasteiger partial charge in [-0.1, -0.05) is 24.3 Å². The van der Waals surface area contributed by atoms with Crippen molar-refractivity contribution in [1.82, 2.24) is 4.90 Å². The monoisotopic (exact) mass is 649 g/mol. The molecule has 7 nitrogen and oxygen atoms in total. The summed E-state index contributed by atoms with van der Waals surface area (Å²) < 4.78 is 36.7. The van der Waals surface area contributed by atoms with E-state index in [0.29, 0.717) is 40.1 Å². The van der Waals surface area contributed by atoms with Crippen molar-refractivity contribution in [1.29, 1.82) is 0 Å². The fourth-order valence-corrected chi connectivity index (χ4v) is 5.29. The first-order chi connectivity index (χ1) is 18.4. The Morgan fingerprint density at radius 2 is 1.71 bits per heavy atom. The van der Waals surface area contributed by atoms with E-state index < -0.39 is 0 Å². The van der Waals surface area contributed by atoms with Crippen LogP contribution in [0.25, 0.3) is 6.08 Å². The molecule has 1 aliphatic rings. The summed E-state index contributed by atoms with van der Waals surface area (Å²) in [4.78, 5) is 27.0. The number of carbonyl (C=O) groups excluding carboxylic acids is 2. The van der Waals surface area contributed by atoms with Crippen LogP contribution in [-0.2, 0) is 11.4 Å². The van der Waals surface area contributed by atoms with Gasteiger partial charge in [-0.05, 0) is 94.9 Å². The smallest absolute Gasteiger partial charge is 0.293 e. The normalized spacial score (nSPS) is 14.2. The van der Waals surface area contributed by atoms with Crippen molar-refractivity contribution >= 4 is 51.6 Å². The Morgan fingerprint density at radius 3 is 2.42 bits per heavy atom. The Balaban J connectivity index is 1.45. The molecule has 10 heteroatoms. The first kappa shape index (κ1) is 27.8. The number of halogens is 2. The zero-order valence-corrected chi connectivity index (χ0v) is 23.7. The maximum atomic E-state index is 13.2. The third-order valence-corrected chi connectivity index (χ3v) is 7.15. The van der Waals surface area contributed by atoms with Crippen LogP contribution in [0.2, 0.25) is 0 Å².